The van der Waals surface area contributed by atoms with Crippen molar-refractivity contribution in [1.29, 1.82) is 0 Å². The Morgan fingerprint density at radius 2 is 1.63 bits per heavy atom. The van der Waals surface area contributed by atoms with Crippen molar-refractivity contribution in [1.82, 2.24) is 0 Å². The van der Waals surface area contributed by atoms with Crippen LogP contribution in [0.5, 0.6) is 0 Å². The molecule has 0 spiro atoms. The van der Waals surface area contributed by atoms with E-state index in [1.807, 2.05) is 49.4 Å². The van der Waals surface area contributed by atoms with Crippen molar-refractivity contribution in [2.45, 2.75) is 18.7 Å². The molecule has 96 valence electrons. The maximum absolute atomic E-state index is 4.67. The van der Waals surface area contributed by atoms with Crippen LogP contribution in [0.3, 0.4) is 0 Å². The van der Waals surface area contributed by atoms with Gasteiger partial charge in [0, 0.05) is 4.90 Å². The third-order valence-corrected chi connectivity index (χ3v) is 3.96. The first kappa shape index (κ1) is 13.6. The molecular formula is C17H17NS. The van der Waals surface area contributed by atoms with E-state index in [1.54, 1.807) is 11.8 Å². The summed E-state index contributed by atoms with van der Waals surface area (Å²) < 4.78 is 0. The lowest BCUT2D eigenvalue weighted by Gasteiger charge is -2.08. The standard InChI is InChI=1S/C17H17NS/c1-13(2)17(18-15-10-5-4-6-11-15)19-16-12-8-7-9-14(16)3/h4-12H,1H2,2-3H3. The molecule has 0 saturated heterocycles. The summed E-state index contributed by atoms with van der Waals surface area (Å²) in [6.45, 7) is 8.13. The van der Waals surface area contributed by atoms with E-state index in [0.717, 1.165) is 16.3 Å². The first-order valence-corrected chi connectivity index (χ1v) is 7.01. The van der Waals surface area contributed by atoms with Gasteiger partial charge in [0.15, 0.2) is 0 Å². The van der Waals surface area contributed by atoms with Crippen molar-refractivity contribution in [3.8, 4) is 0 Å². The number of nitrogens with zero attached hydrogens (tertiary/aromatic N) is 1. The number of hydrogen-bond donors (Lipinski definition) is 0. The molecule has 0 N–H and O–H groups in total. The predicted molar refractivity (Wildman–Crippen MR) is 85.4 cm³/mol. The second-order valence-electron chi connectivity index (χ2n) is 4.40. The maximum atomic E-state index is 4.67. The third-order valence-electron chi connectivity index (χ3n) is 2.65. The number of thioether (sulfide) groups is 1. The summed E-state index contributed by atoms with van der Waals surface area (Å²) in [5.41, 5.74) is 3.20. The summed E-state index contributed by atoms with van der Waals surface area (Å²) in [6, 6.07) is 18.3. The molecule has 1 nitrogen and oxygen atoms in total. The zero-order valence-corrected chi connectivity index (χ0v) is 12.1. The van der Waals surface area contributed by atoms with Gasteiger partial charge in [-0.3, -0.25) is 0 Å². The van der Waals surface area contributed by atoms with E-state index < -0.39 is 0 Å². The molecular weight excluding hydrogens is 250 g/mol. The van der Waals surface area contributed by atoms with Gasteiger partial charge in [-0.2, -0.15) is 0 Å². The summed E-state index contributed by atoms with van der Waals surface area (Å²) >= 11 is 1.67. The molecule has 0 unspecified atom stereocenters. The maximum Gasteiger partial charge on any atom is 0.104 e. The van der Waals surface area contributed by atoms with Gasteiger partial charge < -0.3 is 0 Å². The van der Waals surface area contributed by atoms with Gasteiger partial charge in [-0.25, -0.2) is 4.99 Å². The minimum Gasteiger partial charge on any atom is -0.242 e. The normalized spacial score (nSPS) is 11.4. The van der Waals surface area contributed by atoms with Crippen LogP contribution < -0.4 is 0 Å². The summed E-state index contributed by atoms with van der Waals surface area (Å²) in [5, 5.41) is 0.959. The lowest BCUT2D eigenvalue weighted by atomic mass is 10.2. The highest BCUT2D eigenvalue weighted by Crippen LogP contribution is 2.28. The Labute approximate surface area is 119 Å². The van der Waals surface area contributed by atoms with E-state index in [1.165, 1.54) is 10.5 Å². The quantitative estimate of drug-likeness (QED) is 0.412. The molecule has 0 aliphatic rings. The third kappa shape index (κ3) is 3.83. The fraction of sp³-hybridized carbons (Fsp3) is 0.118. The number of hydrogen-bond acceptors (Lipinski definition) is 2. The highest BCUT2D eigenvalue weighted by atomic mass is 32.2. The van der Waals surface area contributed by atoms with Crippen LogP contribution >= 0.6 is 11.8 Å². The molecule has 0 aliphatic heterocycles. The molecule has 0 saturated carbocycles. The highest BCUT2D eigenvalue weighted by molar-refractivity contribution is 8.14. The van der Waals surface area contributed by atoms with Gasteiger partial charge in [-0.05, 0) is 43.2 Å². The Hall–Kier alpha value is -1.80. The lowest BCUT2D eigenvalue weighted by Crippen LogP contribution is -1.93. The fourth-order valence-electron chi connectivity index (χ4n) is 1.60. The molecule has 0 amide bonds. The molecule has 2 heteroatoms. The van der Waals surface area contributed by atoms with Gasteiger partial charge in [0.2, 0.25) is 0 Å². The van der Waals surface area contributed by atoms with E-state index >= 15 is 0 Å². The molecule has 2 aromatic carbocycles. The van der Waals surface area contributed by atoms with Gasteiger partial charge in [-0.15, -0.1) is 0 Å². The number of aryl methyl sites for hydroxylation is 1. The molecule has 0 aromatic heterocycles. The summed E-state index contributed by atoms with van der Waals surface area (Å²) in [5.74, 6) is 0. The average molecular weight is 267 g/mol. The molecule has 2 rings (SSSR count). The molecule has 0 atom stereocenters. The van der Waals surface area contributed by atoms with Crippen molar-refractivity contribution >= 4 is 22.5 Å². The second-order valence-corrected chi connectivity index (χ2v) is 5.43. The second kappa shape index (κ2) is 6.39. The van der Waals surface area contributed by atoms with Crippen molar-refractivity contribution < 1.29 is 0 Å². The van der Waals surface area contributed by atoms with Crippen molar-refractivity contribution in [3.63, 3.8) is 0 Å². The molecule has 19 heavy (non-hydrogen) atoms. The molecule has 0 bridgehead atoms. The van der Waals surface area contributed by atoms with Gasteiger partial charge in [0.25, 0.3) is 0 Å². The summed E-state index contributed by atoms with van der Waals surface area (Å²) in [7, 11) is 0. The molecule has 0 aliphatic carbocycles. The minimum atomic E-state index is 0.959. The number of rotatable bonds is 3. The SMILES string of the molecule is C=C(C)C(=Nc1ccccc1)Sc1ccccc1C. The smallest absolute Gasteiger partial charge is 0.104 e. The van der Waals surface area contributed by atoms with Crippen LogP contribution in [0.15, 0.2) is 76.6 Å². The Bertz CT molecular complexity index is 600. The zero-order valence-electron chi connectivity index (χ0n) is 11.3. The Morgan fingerprint density at radius 3 is 2.26 bits per heavy atom. The van der Waals surface area contributed by atoms with Crippen LogP contribution in [0.25, 0.3) is 0 Å². The highest BCUT2D eigenvalue weighted by Gasteiger charge is 2.06. The van der Waals surface area contributed by atoms with Gasteiger partial charge in [0.05, 0.1) is 5.69 Å². The van der Waals surface area contributed by atoms with Crippen LogP contribution in [0.4, 0.5) is 5.69 Å². The van der Waals surface area contributed by atoms with E-state index in [9.17, 15) is 0 Å². The lowest BCUT2D eigenvalue weighted by molar-refractivity contribution is 1.31. The van der Waals surface area contributed by atoms with Gasteiger partial charge in [0.1, 0.15) is 5.04 Å². The topological polar surface area (TPSA) is 12.4 Å². The first-order chi connectivity index (χ1) is 9.16. The predicted octanol–water partition coefficient (Wildman–Crippen LogP) is 5.39. The van der Waals surface area contributed by atoms with E-state index in [2.05, 4.69) is 30.6 Å². The zero-order chi connectivity index (χ0) is 13.7. The van der Waals surface area contributed by atoms with Crippen LogP contribution in [-0.4, -0.2) is 5.04 Å². The van der Waals surface area contributed by atoms with Crippen molar-refractivity contribution in [2.24, 2.45) is 4.99 Å². The number of benzene rings is 2. The summed E-state index contributed by atoms with van der Waals surface area (Å²) in [6.07, 6.45) is 0. The summed E-state index contributed by atoms with van der Waals surface area (Å²) in [4.78, 5) is 5.90. The van der Waals surface area contributed by atoms with Gasteiger partial charge in [-0.1, -0.05) is 54.7 Å². The van der Waals surface area contributed by atoms with Crippen LogP contribution in [0.2, 0.25) is 0 Å². The Kier molecular flexibility index (Phi) is 4.58. The number of para-hydroxylation sites is 1. The van der Waals surface area contributed by atoms with E-state index in [4.69, 9.17) is 0 Å². The fourth-order valence-corrected chi connectivity index (χ4v) is 2.51. The Balaban J connectivity index is 2.30. The van der Waals surface area contributed by atoms with Crippen LogP contribution in [-0.2, 0) is 0 Å². The van der Waals surface area contributed by atoms with Crippen LogP contribution in [0, 0.1) is 6.92 Å². The minimum absolute atomic E-state index is 0.959. The Morgan fingerprint density at radius 1 is 1.00 bits per heavy atom. The number of aliphatic imine (C=N–C) groups is 1. The van der Waals surface area contributed by atoms with Crippen molar-refractivity contribution in [3.05, 3.63) is 72.3 Å². The van der Waals surface area contributed by atoms with E-state index in [0.29, 0.717) is 0 Å². The monoisotopic (exact) mass is 267 g/mol. The molecule has 0 radical (unpaired) electrons. The molecule has 0 heterocycles. The van der Waals surface area contributed by atoms with Gasteiger partial charge >= 0.3 is 0 Å². The van der Waals surface area contributed by atoms with Crippen LogP contribution in [0.1, 0.15) is 12.5 Å². The largest absolute Gasteiger partial charge is 0.242 e. The van der Waals surface area contributed by atoms with E-state index in [-0.39, 0.29) is 0 Å². The average Bonchev–Trinajstić information content (AvgIpc) is 2.41. The first-order valence-electron chi connectivity index (χ1n) is 6.20. The molecule has 0 fully saturated rings. The van der Waals surface area contributed by atoms with Crippen molar-refractivity contribution in [2.75, 3.05) is 0 Å². The molecule has 2 aromatic rings.